The standard InChI is InChI=1S/C22H24FN3OS/c1-17-3-2-4-20(15-17)24-22-26(10-9-25-11-13-27-14-12-25)21(16-28-22)18-5-7-19(23)8-6-18/h2-8,15-16H,9-14H2,1H3. The van der Waals surface area contributed by atoms with E-state index in [-0.39, 0.29) is 5.82 Å². The summed E-state index contributed by atoms with van der Waals surface area (Å²) >= 11 is 1.62. The maximum atomic E-state index is 13.4. The number of thiazole rings is 1. The third kappa shape index (κ3) is 4.58. The minimum absolute atomic E-state index is 0.219. The summed E-state index contributed by atoms with van der Waals surface area (Å²) < 4.78 is 21.1. The number of morpholine rings is 1. The SMILES string of the molecule is Cc1cccc(N=c2scc(-c3ccc(F)cc3)n2CCN2CCOCC2)c1. The minimum atomic E-state index is -0.219. The highest BCUT2D eigenvalue weighted by molar-refractivity contribution is 7.07. The van der Waals surface area contributed by atoms with E-state index in [1.54, 1.807) is 11.3 Å². The lowest BCUT2D eigenvalue weighted by Gasteiger charge is -2.26. The first-order valence-electron chi connectivity index (χ1n) is 9.55. The van der Waals surface area contributed by atoms with Crippen LogP contribution < -0.4 is 4.80 Å². The molecule has 6 heteroatoms. The van der Waals surface area contributed by atoms with Gasteiger partial charge in [0.1, 0.15) is 5.82 Å². The van der Waals surface area contributed by atoms with Crippen LogP contribution in [0.15, 0.2) is 58.9 Å². The van der Waals surface area contributed by atoms with Gasteiger partial charge in [0.25, 0.3) is 0 Å². The van der Waals surface area contributed by atoms with Gasteiger partial charge in [-0.15, -0.1) is 11.3 Å². The Labute approximate surface area is 168 Å². The summed E-state index contributed by atoms with van der Waals surface area (Å²) in [5.74, 6) is -0.219. The van der Waals surface area contributed by atoms with Gasteiger partial charge in [-0.25, -0.2) is 9.38 Å². The molecular formula is C22H24FN3OS. The summed E-state index contributed by atoms with van der Waals surface area (Å²) in [7, 11) is 0. The molecule has 0 aliphatic carbocycles. The van der Waals surface area contributed by atoms with Gasteiger partial charge in [0.15, 0.2) is 4.80 Å². The topological polar surface area (TPSA) is 29.8 Å². The molecule has 0 N–H and O–H groups in total. The second kappa shape index (κ2) is 8.82. The Morgan fingerprint density at radius 3 is 2.61 bits per heavy atom. The lowest BCUT2D eigenvalue weighted by atomic mass is 10.1. The van der Waals surface area contributed by atoms with Gasteiger partial charge in [0, 0.05) is 31.6 Å². The first kappa shape index (κ1) is 19.1. The molecule has 4 nitrogen and oxygen atoms in total. The normalized spacial score (nSPS) is 15.9. The highest BCUT2D eigenvalue weighted by Gasteiger charge is 2.13. The molecule has 146 valence electrons. The third-order valence-electron chi connectivity index (χ3n) is 4.91. The summed E-state index contributed by atoms with van der Waals surface area (Å²) in [6.45, 7) is 7.35. The molecule has 28 heavy (non-hydrogen) atoms. The van der Waals surface area contributed by atoms with E-state index in [9.17, 15) is 4.39 Å². The fourth-order valence-corrected chi connectivity index (χ4v) is 4.32. The minimum Gasteiger partial charge on any atom is -0.379 e. The van der Waals surface area contributed by atoms with E-state index in [0.717, 1.165) is 61.1 Å². The highest BCUT2D eigenvalue weighted by Crippen LogP contribution is 2.22. The molecule has 1 aliphatic heterocycles. The van der Waals surface area contributed by atoms with Crippen LogP contribution in [0.3, 0.4) is 0 Å². The van der Waals surface area contributed by atoms with Crippen molar-refractivity contribution in [1.82, 2.24) is 9.47 Å². The fraction of sp³-hybridized carbons (Fsp3) is 0.318. The molecule has 3 aromatic rings. The Morgan fingerprint density at radius 1 is 1.07 bits per heavy atom. The molecule has 0 radical (unpaired) electrons. The summed E-state index contributed by atoms with van der Waals surface area (Å²) in [5, 5.41) is 2.11. The second-order valence-electron chi connectivity index (χ2n) is 6.97. The van der Waals surface area contributed by atoms with Crippen LogP contribution in [0.2, 0.25) is 0 Å². The molecule has 2 heterocycles. The van der Waals surface area contributed by atoms with Gasteiger partial charge in [0.2, 0.25) is 0 Å². The van der Waals surface area contributed by atoms with Crippen LogP contribution in [-0.4, -0.2) is 42.3 Å². The molecule has 0 amide bonds. The number of nitrogens with zero attached hydrogens (tertiary/aromatic N) is 3. The summed E-state index contributed by atoms with van der Waals surface area (Å²) in [6, 6.07) is 14.9. The van der Waals surface area contributed by atoms with Crippen molar-refractivity contribution in [3.05, 3.63) is 70.1 Å². The van der Waals surface area contributed by atoms with E-state index in [2.05, 4.69) is 33.9 Å². The number of hydrogen-bond acceptors (Lipinski definition) is 4. The molecular weight excluding hydrogens is 373 g/mol. The highest BCUT2D eigenvalue weighted by atomic mass is 32.1. The average molecular weight is 398 g/mol. The number of benzene rings is 2. The molecule has 0 spiro atoms. The number of rotatable bonds is 5. The fourth-order valence-electron chi connectivity index (χ4n) is 3.36. The number of ether oxygens (including phenoxy) is 1. The van der Waals surface area contributed by atoms with Crippen molar-refractivity contribution >= 4 is 17.0 Å². The number of halogens is 1. The lowest BCUT2D eigenvalue weighted by molar-refractivity contribution is 0.0363. The van der Waals surface area contributed by atoms with Crippen molar-refractivity contribution in [3.63, 3.8) is 0 Å². The monoisotopic (exact) mass is 397 g/mol. The van der Waals surface area contributed by atoms with E-state index in [4.69, 9.17) is 9.73 Å². The second-order valence-corrected chi connectivity index (χ2v) is 7.80. The summed E-state index contributed by atoms with van der Waals surface area (Å²) in [5.41, 5.74) is 4.22. The zero-order valence-corrected chi connectivity index (χ0v) is 16.8. The van der Waals surface area contributed by atoms with Gasteiger partial charge in [-0.2, -0.15) is 0 Å². The van der Waals surface area contributed by atoms with E-state index < -0.39 is 0 Å². The number of hydrogen-bond donors (Lipinski definition) is 0. The zero-order chi connectivity index (χ0) is 19.3. The molecule has 1 aliphatic rings. The van der Waals surface area contributed by atoms with Crippen LogP contribution in [0.25, 0.3) is 11.3 Å². The van der Waals surface area contributed by atoms with Gasteiger partial charge in [-0.1, -0.05) is 12.1 Å². The average Bonchev–Trinajstić information content (AvgIpc) is 3.10. The van der Waals surface area contributed by atoms with Gasteiger partial charge >= 0.3 is 0 Å². The van der Waals surface area contributed by atoms with Crippen LogP contribution in [0.5, 0.6) is 0 Å². The molecule has 4 rings (SSSR count). The Kier molecular flexibility index (Phi) is 6.00. The molecule has 0 atom stereocenters. The maximum Gasteiger partial charge on any atom is 0.190 e. The van der Waals surface area contributed by atoms with E-state index in [1.807, 2.05) is 24.3 Å². The van der Waals surface area contributed by atoms with Crippen molar-refractivity contribution in [1.29, 1.82) is 0 Å². The molecule has 1 aromatic heterocycles. The maximum absolute atomic E-state index is 13.4. The molecule has 0 unspecified atom stereocenters. The molecule has 1 saturated heterocycles. The smallest absolute Gasteiger partial charge is 0.190 e. The largest absolute Gasteiger partial charge is 0.379 e. The van der Waals surface area contributed by atoms with Crippen molar-refractivity contribution in [2.45, 2.75) is 13.5 Å². The first-order valence-corrected chi connectivity index (χ1v) is 10.4. The molecule has 1 fully saturated rings. The van der Waals surface area contributed by atoms with Gasteiger partial charge in [0.05, 0.1) is 24.6 Å². The molecule has 2 aromatic carbocycles. The van der Waals surface area contributed by atoms with Crippen LogP contribution in [0, 0.1) is 12.7 Å². The van der Waals surface area contributed by atoms with Crippen molar-refractivity contribution in [2.24, 2.45) is 4.99 Å². The summed E-state index contributed by atoms with van der Waals surface area (Å²) in [4.78, 5) is 8.27. The van der Waals surface area contributed by atoms with Crippen molar-refractivity contribution in [3.8, 4) is 11.3 Å². The molecule has 0 bridgehead atoms. The third-order valence-corrected chi connectivity index (χ3v) is 5.77. The van der Waals surface area contributed by atoms with Crippen LogP contribution in [0.4, 0.5) is 10.1 Å². The van der Waals surface area contributed by atoms with E-state index in [0.29, 0.717) is 0 Å². The van der Waals surface area contributed by atoms with Gasteiger partial charge in [-0.3, -0.25) is 4.90 Å². The Morgan fingerprint density at radius 2 is 1.86 bits per heavy atom. The van der Waals surface area contributed by atoms with E-state index in [1.165, 1.54) is 17.7 Å². The van der Waals surface area contributed by atoms with Crippen LogP contribution in [-0.2, 0) is 11.3 Å². The number of aromatic nitrogens is 1. The van der Waals surface area contributed by atoms with Crippen LogP contribution in [0.1, 0.15) is 5.56 Å². The predicted octanol–water partition coefficient (Wildman–Crippen LogP) is 4.23. The quantitative estimate of drug-likeness (QED) is 0.645. The first-order chi connectivity index (χ1) is 13.7. The Balaban J connectivity index is 1.69. The Hall–Kier alpha value is -2.28. The predicted molar refractivity (Wildman–Crippen MR) is 111 cm³/mol. The molecule has 0 saturated carbocycles. The van der Waals surface area contributed by atoms with Crippen LogP contribution >= 0.6 is 11.3 Å². The van der Waals surface area contributed by atoms with E-state index >= 15 is 0 Å². The Bertz CT molecular complexity index is 988. The zero-order valence-electron chi connectivity index (χ0n) is 16.0. The van der Waals surface area contributed by atoms with Crippen molar-refractivity contribution < 1.29 is 9.13 Å². The number of aryl methyl sites for hydroxylation is 1. The van der Waals surface area contributed by atoms with Gasteiger partial charge < -0.3 is 9.30 Å². The lowest BCUT2D eigenvalue weighted by Crippen LogP contribution is -2.39. The van der Waals surface area contributed by atoms with Crippen molar-refractivity contribution in [2.75, 3.05) is 32.8 Å². The summed E-state index contributed by atoms with van der Waals surface area (Å²) in [6.07, 6.45) is 0. The van der Waals surface area contributed by atoms with Gasteiger partial charge in [-0.05, 0) is 54.4 Å².